The Balaban J connectivity index is 2.36. The number of anilines is 1. The molecule has 13 heavy (non-hydrogen) atoms. The Labute approximate surface area is 74.0 Å². The van der Waals surface area contributed by atoms with Crippen LogP contribution in [-0.2, 0) is 6.42 Å². The summed E-state index contributed by atoms with van der Waals surface area (Å²) in [4.78, 5) is 19.1. The quantitative estimate of drug-likeness (QED) is 0.591. The highest BCUT2D eigenvalue weighted by atomic mass is 16.2. The van der Waals surface area contributed by atoms with Crippen molar-refractivity contribution in [3.05, 3.63) is 28.4 Å². The van der Waals surface area contributed by atoms with Crippen molar-refractivity contribution in [2.75, 3.05) is 11.9 Å². The standard InChI is InChI=1S/C9H7N3O/c13-9-11-7-3-5-1-2-10-6(5)4-8(7)12-9/h3-4H,1-2H2,(H,12,13). The van der Waals surface area contributed by atoms with Crippen LogP contribution < -0.4 is 16.0 Å². The Kier molecular flexibility index (Phi) is 1.12. The molecule has 1 aromatic carbocycles. The van der Waals surface area contributed by atoms with Gasteiger partial charge in [0.1, 0.15) is 0 Å². The molecule has 2 amide bonds. The zero-order valence-electron chi connectivity index (χ0n) is 6.87. The molecule has 4 nitrogen and oxygen atoms in total. The molecule has 0 atom stereocenters. The van der Waals surface area contributed by atoms with E-state index in [-0.39, 0.29) is 6.03 Å². The SMILES string of the molecule is O=C1N=c2cc3c(cc2N1)=NCC3. The van der Waals surface area contributed by atoms with Crippen LogP contribution in [0.1, 0.15) is 5.56 Å². The number of nitrogens with zero attached hydrogens (tertiary/aromatic N) is 2. The minimum Gasteiger partial charge on any atom is -0.304 e. The first-order valence-electron chi connectivity index (χ1n) is 4.20. The van der Waals surface area contributed by atoms with Gasteiger partial charge in [-0.1, -0.05) is 0 Å². The normalized spacial score (nSPS) is 17.1. The first kappa shape index (κ1) is 6.77. The average Bonchev–Trinajstić information content (AvgIpc) is 2.63. The van der Waals surface area contributed by atoms with E-state index in [2.05, 4.69) is 15.3 Å². The molecule has 2 heterocycles. The van der Waals surface area contributed by atoms with E-state index in [4.69, 9.17) is 0 Å². The minimum atomic E-state index is -0.279. The fourth-order valence-corrected chi connectivity index (χ4v) is 1.71. The van der Waals surface area contributed by atoms with Gasteiger partial charge in [0.15, 0.2) is 0 Å². The summed E-state index contributed by atoms with van der Waals surface area (Å²) < 4.78 is 0. The lowest BCUT2D eigenvalue weighted by atomic mass is 10.1. The molecule has 0 aromatic heterocycles. The molecule has 0 unspecified atom stereocenters. The Bertz CT molecular complexity index is 518. The summed E-state index contributed by atoms with van der Waals surface area (Å²) in [6.07, 6.45) is 0.965. The number of nitrogens with one attached hydrogen (secondary N) is 1. The van der Waals surface area contributed by atoms with Crippen molar-refractivity contribution in [2.45, 2.75) is 6.42 Å². The zero-order valence-corrected chi connectivity index (χ0v) is 6.87. The molecule has 64 valence electrons. The fraction of sp³-hybridized carbons (Fsp3) is 0.222. The molecule has 0 aliphatic carbocycles. The highest BCUT2D eigenvalue weighted by Gasteiger charge is 2.14. The summed E-state index contributed by atoms with van der Waals surface area (Å²) in [5.41, 5.74) is 1.98. The van der Waals surface area contributed by atoms with Gasteiger partial charge in [0.2, 0.25) is 0 Å². The Morgan fingerprint density at radius 2 is 2.23 bits per heavy atom. The van der Waals surface area contributed by atoms with Gasteiger partial charge >= 0.3 is 6.03 Å². The molecule has 0 spiro atoms. The lowest BCUT2D eigenvalue weighted by Crippen LogP contribution is -2.12. The van der Waals surface area contributed by atoms with Crippen LogP contribution in [0.2, 0.25) is 0 Å². The number of carbonyl (C=O) groups is 1. The van der Waals surface area contributed by atoms with E-state index in [9.17, 15) is 4.79 Å². The van der Waals surface area contributed by atoms with E-state index in [1.54, 1.807) is 0 Å². The van der Waals surface area contributed by atoms with Gasteiger partial charge in [0.05, 0.1) is 16.4 Å². The Morgan fingerprint density at radius 3 is 3.15 bits per heavy atom. The lowest BCUT2D eigenvalue weighted by molar-refractivity contribution is 0.260. The van der Waals surface area contributed by atoms with Crippen LogP contribution in [0, 0.1) is 0 Å². The van der Waals surface area contributed by atoms with Gasteiger partial charge in [-0.05, 0) is 24.1 Å². The lowest BCUT2D eigenvalue weighted by Gasteiger charge is -1.94. The number of fused-ring (bicyclic) bond motifs is 2. The molecular weight excluding hydrogens is 166 g/mol. The van der Waals surface area contributed by atoms with Crippen LogP contribution in [0.15, 0.2) is 22.1 Å². The van der Waals surface area contributed by atoms with Crippen LogP contribution in [0.25, 0.3) is 0 Å². The summed E-state index contributed by atoms with van der Waals surface area (Å²) in [5, 5.41) is 4.41. The largest absolute Gasteiger partial charge is 0.346 e. The second-order valence-electron chi connectivity index (χ2n) is 3.17. The third-order valence-corrected chi connectivity index (χ3v) is 2.32. The van der Waals surface area contributed by atoms with Gasteiger partial charge in [0, 0.05) is 6.54 Å². The van der Waals surface area contributed by atoms with Crippen molar-refractivity contribution < 1.29 is 4.79 Å². The van der Waals surface area contributed by atoms with Gasteiger partial charge in [-0.25, -0.2) is 4.79 Å². The second-order valence-corrected chi connectivity index (χ2v) is 3.17. The minimum absolute atomic E-state index is 0.279. The van der Waals surface area contributed by atoms with Crippen molar-refractivity contribution in [3.63, 3.8) is 0 Å². The third-order valence-electron chi connectivity index (χ3n) is 2.32. The molecule has 1 N–H and O–H groups in total. The van der Waals surface area contributed by atoms with Gasteiger partial charge in [-0.15, -0.1) is 0 Å². The van der Waals surface area contributed by atoms with Gasteiger partial charge in [0.25, 0.3) is 0 Å². The zero-order chi connectivity index (χ0) is 8.84. The van der Waals surface area contributed by atoms with Crippen molar-refractivity contribution in [2.24, 2.45) is 9.98 Å². The smallest absolute Gasteiger partial charge is 0.304 e. The highest BCUT2D eigenvalue weighted by Crippen LogP contribution is 2.06. The predicted octanol–water partition coefficient (Wildman–Crippen LogP) is 0.0274. The summed E-state index contributed by atoms with van der Waals surface area (Å²) >= 11 is 0. The monoisotopic (exact) mass is 173 g/mol. The van der Waals surface area contributed by atoms with E-state index in [0.29, 0.717) is 0 Å². The number of urea groups is 1. The van der Waals surface area contributed by atoms with Gasteiger partial charge < -0.3 is 5.32 Å². The molecule has 0 saturated carbocycles. The van der Waals surface area contributed by atoms with Crippen molar-refractivity contribution in [3.8, 4) is 0 Å². The summed E-state index contributed by atoms with van der Waals surface area (Å²) in [6.45, 7) is 0.853. The van der Waals surface area contributed by atoms with Crippen LogP contribution in [0.3, 0.4) is 0 Å². The van der Waals surface area contributed by atoms with Crippen molar-refractivity contribution in [1.82, 2.24) is 0 Å². The van der Waals surface area contributed by atoms with Crippen LogP contribution >= 0.6 is 0 Å². The molecule has 0 fully saturated rings. The topological polar surface area (TPSA) is 53.8 Å². The second kappa shape index (κ2) is 2.16. The maximum Gasteiger partial charge on any atom is 0.346 e. The fourth-order valence-electron chi connectivity index (χ4n) is 1.71. The molecule has 0 radical (unpaired) electrons. The third kappa shape index (κ3) is 0.884. The van der Waals surface area contributed by atoms with Gasteiger partial charge in [-0.3, -0.25) is 4.99 Å². The molecule has 2 aliphatic rings. The number of benzene rings is 1. The summed E-state index contributed by atoms with van der Waals surface area (Å²) in [6, 6.07) is 3.56. The predicted molar refractivity (Wildman–Crippen MR) is 46.3 cm³/mol. The highest BCUT2D eigenvalue weighted by molar-refractivity contribution is 5.93. The van der Waals surface area contributed by atoms with Gasteiger partial charge in [-0.2, -0.15) is 4.99 Å². The molecule has 1 aromatic rings. The van der Waals surface area contributed by atoms with E-state index in [0.717, 1.165) is 29.4 Å². The van der Waals surface area contributed by atoms with E-state index in [1.165, 1.54) is 5.56 Å². The van der Waals surface area contributed by atoms with Crippen molar-refractivity contribution >= 4 is 11.7 Å². The summed E-state index contributed by atoms with van der Waals surface area (Å²) in [7, 11) is 0. The Hall–Kier alpha value is -1.71. The number of carbonyl (C=O) groups excluding carboxylic acids is 1. The van der Waals surface area contributed by atoms with Crippen LogP contribution in [0.4, 0.5) is 10.5 Å². The van der Waals surface area contributed by atoms with Crippen LogP contribution in [-0.4, -0.2) is 12.6 Å². The molecule has 2 aliphatic heterocycles. The first-order valence-corrected chi connectivity index (χ1v) is 4.20. The molecular formula is C9H7N3O. The average molecular weight is 173 g/mol. The maximum absolute atomic E-state index is 10.9. The number of amides is 2. The number of hydrogen-bond acceptors (Lipinski definition) is 2. The van der Waals surface area contributed by atoms with Crippen LogP contribution in [0.5, 0.6) is 0 Å². The molecule has 4 heteroatoms. The number of rotatable bonds is 0. The number of hydrogen-bond donors (Lipinski definition) is 1. The van der Waals surface area contributed by atoms with E-state index >= 15 is 0 Å². The maximum atomic E-state index is 10.9. The summed E-state index contributed by atoms with van der Waals surface area (Å²) in [5.74, 6) is 0. The van der Waals surface area contributed by atoms with E-state index in [1.807, 2.05) is 12.1 Å². The van der Waals surface area contributed by atoms with Crippen molar-refractivity contribution in [1.29, 1.82) is 0 Å². The molecule has 0 saturated heterocycles. The molecule has 0 bridgehead atoms. The Morgan fingerprint density at radius 1 is 1.31 bits per heavy atom. The first-order chi connectivity index (χ1) is 6.33. The van der Waals surface area contributed by atoms with E-state index < -0.39 is 0 Å². The molecule has 3 rings (SSSR count).